The van der Waals surface area contributed by atoms with Gasteiger partial charge in [-0.2, -0.15) is 5.10 Å². The van der Waals surface area contributed by atoms with E-state index in [1.807, 2.05) is 30.3 Å². The zero-order valence-corrected chi connectivity index (χ0v) is 17.9. The summed E-state index contributed by atoms with van der Waals surface area (Å²) in [6.07, 6.45) is 1.71. The number of fused-ring (bicyclic) bond motifs is 1. The molecule has 5 rings (SSSR count). The van der Waals surface area contributed by atoms with Crippen molar-refractivity contribution in [3.05, 3.63) is 84.1 Å². The lowest BCUT2D eigenvalue weighted by Crippen LogP contribution is -2.36. The second-order valence-corrected chi connectivity index (χ2v) is 7.84. The minimum Gasteiger partial charge on any atom is -0.378 e. The van der Waals surface area contributed by atoms with Crippen molar-refractivity contribution in [2.24, 2.45) is 5.73 Å². The summed E-state index contributed by atoms with van der Waals surface area (Å²) in [7, 11) is 0. The van der Waals surface area contributed by atoms with Crippen LogP contribution in [0.25, 0.3) is 16.6 Å². The maximum atomic E-state index is 12.9. The van der Waals surface area contributed by atoms with Gasteiger partial charge in [0.25, 0.3) is 5.91 Å². The number of aromatic nitrogens is 2. The number of nitrogens with two attached hydrogens (primary N) is 1. The first-order valence-corrected chi connectivity index (χ1v) is 10.7. The van der Waals surface area contributed by atoms with Crippen LogP contribution in [0.15, 0.2) is 72.9 Å². The van der Waals surface area contributed by atoms with Gasteiger partial charge < -0.3 is 20.7 Å². The fourth-order valence-electron chi connectivity index (χ4n) is 3.94. The number of rotatable bonds is 5. The summed E-state index contributed by atoms with van der Waals surface area (Å²) in [6.45, 7) is 3.18. The van der Waals surface area contributed by atoms with Gasteiger partial charge in [0.2, 0.25) is 5.91 Å². The molecule has 0 aliphatic carbocycles. The molecule has 0 radical (unpaired) electrons. The molecular formula is C25H23N5O3. The third-order valence-electron chi connectivity index (χ3n) is 5.71. The molecule has 8 nitrogen and oxygen atoms in total. The van der Waals surface area contributed by atoms with Crippen LogP contribution in [0.5, 0.6) is 0 Å². The van der Waals surface area contributed by atoms with Crippen molar-refractivity contribution in [2.45, 2.75) is 0 Å². The average molecular weight is 441 g/mol. The molecule has 1 aliphatic rings. The minimum absolute atomic E-state index is 0.217. The van der Waals surface area contributed by atoms with Gasteiger partial charge in [-0.05, 0) is 54.6 Å². The number of amides is 2. The molecule has 0 atom stereocenters. The summed E-state index contributed by atoms with van der Waals surface area (Å²) < 4.78 is 7.09. The number of morpholine rings is 1. The molecule has 3 aromatic carbocycles. The van der Waals surface area contributed by atoms with Gasteiger partial charge in [-0.3, -0.25) is 9.59 Å². The molecule has 1 fully saturated rings. The van der Waals surface area contributed by atoms with Crippen molar-refractivity contribution in [1.29, 1.82) is 0 Å². The maximum Gasteiger partial charge on any atom is 0.255 e. The Hall–Kier alpha value is -4.17. The fourth-order valence-corrected chi connectivity index (χ4v) is 3.94. The van der Waals surface area contributed by atoms with E-state index in [9.17, 15) is 9.59 Å². The van der Waals surface area contributed by atoms with Crippen LogP contribution in [0.2, 0.25) is 0 Å². The number of nitrogens with zero attached hydrogens (tertiary/aromatic N) is 3. The zero-order valence-electron chi connectivity index (χ0n) is 17.9. The van der Waals surface area contributed by atoms with Crippen molar-refractivity contribution in [3.8, 4) is 5.69 Å². The Bertz CT molecular complexity index is 1320. The Morgan fingerprint density at radius 2 is 1.70 bits per heavy atom. The molecule has 0 bridgehead atoms. The van der Waals surface area contributed by atoms with Crippen molar-refractivity contribution in [3.63, 3.8) is 0 Å². The number of hydrogen-bond donors (Lipinski definition) is 2. The molecule has 0 saturated carbocycles. The first-order chi connectivity index (χ1) is 16.1. The highest BCUT2D eigenvalue weighted by Gasteiger charge is 2.13. The van der Waals surface area contributed by atoms with E-state index in [0.29, 0.717) is 16.8 Å². The highest BCUT2D eigenvalue weighted by molar-refractivity contribution is 6.04. The van der Waals surface area contributed by atoms with E-state index in [0.717, 1.165) is 48.6 Å². The summed E-state index contributed by atoms with van der Waals surface area (Å²) >= 11 is 0. The number of carbonyl (C=O) groups excluding carboxylic acids is 2. The number of carbonyl (C=O) groups is 2. The van der Waals surface area contributed by atoms with Crippen LogP contribution in [-0.2, 0) is 4.74 Å². The Morgan fingerprint density at radius 1 is 0.909 bits per heavy atom. The van der Waals surface area contributed by atoms with E-state index in [-0.39, 0.29) is 5.91 Å². The van der Waals surface area contributed by atoms with Crippen LogP contribution in [0.4, 0.5) is 11.4 Å². The SMILES string of the molecule is NC(=O)c1ccc2cnn(-c3cccc(C(=O)Nc4ccc(N5CCOCC5)cc4)c3)c2c1. The van der Waals surface area contributed by atoms with E-state index < -0.39 is 5.91 Å². The van der Waals surface area contributed by atoms with Crippen molar-refractivity contribution in [2.75, 3.05) is 36.5 Å². The summed E-state index contributed by atoms with van der Waals surface area (Å²) in [5.41, 5.74) is 9.60. The molecule has 4 aromatic rings. The number of nitrogens with one attached hydrogen (secondary N) is 1. The van der Waals surface area contributed by atoms with Crippen molar-refractivity contribution in [1.82, 2.24) is 9.78 Å². The van der Waals surface area contributed by atoms with Crippen LogP contribution >= 0.6 is 0 Å². The van der Waals surface area contributed by atoms with Gasteiger partial charge in [-0.1, -0.05) is 12.1 Å². The van der Waals surface area contributed by atoms with Gasteiger partial charge in [0.1, 0.15) is 0 Å². The lowest BCUT2D eigenvalue weighted by atomic mass is 10.1. The van der Waals surface area contributed by atoms with Crippen LogP contribution in [0.1, 0.15) is 20.7 Å². The number of primary amides is 1. The van der Waals surface area contributed by atoms with Gasteiger partial charge in [0.15, 0.2) is 0 Å². The van der Waals surface area contributed by atoms with Crippen LogP contribution < -0.4 is 16.0 Å². The molecule has 2 heterocycles. The molecule has 8 heteroatoms. The molecule has 1 saturated heterocycles. The number of benzene rings is 3. The van der Waals surface area contributed by atoms with Gasteiger partial charge >= 0.3 is 0 Å². The summed E-state index contributed by atoms with van der Waals surface area (Å²) in [6, 6.07) is 20.2. The van der Waals surface area contributed by atoms with Crippen LogP contribution in [0, 0.1) is 0 Å². The topological polar surface area (TPSA) is 102 Å². The van der Waals surface area contributed by atoms with Crippen molar-refractivity contribution < 1.29 is 14.3 Å². The van der Waals surface area contributed by atoms with E-state index in [4.69, 9.17) is 10.5 Å². The molecule has 1 aliphatic heterocycles. The molecule has 0 unspecified atom stereocenters. The van der Waals surface area contributed by atoms with Gasteiger partial charge in [-0.25, -0.2) is 4.68 Å². The third-order valence-corrected chi connectivity index (χ3v) is 5.71. The van der Waals surface area contributed by atoms with Gasteiger partial charge in [0, 0.05) is 41.0 Å². The predicted octanol–water partition coefficient (Wildman–Crippen LogP) is 3.21. The first-order valence-electron chi connectivity index (χ1n) is 10.7. The predicted molar refractivity (Wildman–Crippen MR) is 127 cm³/mol. The Morgan fingerprint density at radius 3 is 2.45 bits per heavy atom. The molecular weight excluding hydrogens is 418 g/mol. The summed E-state index contributed by atoms with van der Waals surface area (Å²) in [4.78, 5) is 26.7. The number of ether oxygens (including phenoxy) is 1. The largest absolute Gasteiger partial charge is 0.378 e. The average Bonchev–Trinajstić information content (AvgIpc) is 3.28. The Labute approximate surface area is 190 Å². The monoisotopic (exact) mass is 441 g/mol. The Balaban J connectivity index is 1.36. The second-order valence-electron chi connectivity index (χ2n) is 7.84. The van der Waals surface area contributed by atoms with Crippen LogP contribution in [0.3, 0.4) is 0 Å². The minimum atomic E-state index is -0.502. The lowest BCUT2D eigenvalue weighted by Gasteiger charge is -2.28. The molecule has 1 aromatic heterocycles. The van der Waals surface area contributed by atoms with E-state index in [1.165, 1.54) is 0 Å². The van der Waals surface area contributed by atoms with E-state index in [2.05, 4.69) is 15.3 Å². The van der Waals surface area contributed by atoms with Crippen LogP contribution in [-0.4, -0.2) is 47.9 Å². The lowest BCUT2D eigenvalue weighted by molar-refractivity contribution is 0.0997. The van der Waals surface area contributed by atoms with Gasteiger partial charge in [-0.15, -0.1) is 0 Å². The van der Waals surface area contributed by atoms with Gasteiger partial charge in [0.05, 0.1) is 30.6 Å². The zero-order chi connectivity index (χ0) is 22.8. The summed E-state index contributed by atoms with van der Waals surface area (Å²) in [5.74, 6) is -0.720. The highest BCUT2D eigenvalue weighted by Crippen LogP contribution is 2.22. The smallest absolute Gasteiger partial charge is 0.255 e. The van der Waals surface area contributed by atoms with Crippen molar-refractivity contribution >= 4 is 34.1 Å². The maximum absolute atomic E-state index is 12.9. The standard InChI is InChI=1S/C25H23N5O3/c26-24(31)17-4-5-19-16-27-30(23(19)15-17)22-3-1-2-18(14-22)25(32)28-20-6-8-21(9-7-20)29-10-12-33-13-11-29/h1-9,14-16H,10-13H2,(H2,26,31)(H,28,32). The third kappa shape index (κ3) is 4.28. The Kier molecular flexibility index (Phi) is 5.50. The first kappa shape index (κ1) is 20.7. The van der Waals surface area contributed by atoms with E-state index >= 15 is 0 Å². The molecule has 2 amide bonds. The van der Waals surface area contributed by atoms with E-state index in [1.54, 1.807) is 47.3 Å². The summed E-state index contributed by atoms with van der Waals surface area (Å²) in [5, 5.41) is 8.24. The molecule has 166 valence electrons. The quantitative estimate of drug-likeness (QED) is 0.495. The fraction of sp³-hybridized carbons (Fsp3) is 0.160. The highest BCUT2D eigenvalue weighted by atomic mass is 16.5. The molecule has 3 N–H and O–H groups in total. The second kappa shape index (κ2) is 8.76. The number of anilines is 2. The molecule has 0 spiro atoms. The normalized spacial score (nSPS) is 13.8. The number of hydrogen-bond acceptors (Lipinski definition) is 5. The molecule has 33 heavy (non-hydrogen) atoms.